The van der Waals surface area contributed by atoms with E-state index in [1.165, 1.54) is 4.90 Å². The lowest BCUT2D eigenvalue weighted by atomic mass is 9.62. The molecule has 0 saturated carbocycles. The van der Waals surface area contributed by atoms with Crippen molar-refractivity contribution in [3.05, 3.63) is 0 Å². The number of ether oxygens (including phenoxy) is 1. The fourth-order valence-electron chi connectivity index (χ4n) is 5.51. The first kappa shape index (κ1) is 21.0. The molecule has 3 amide bonds. The summed E-state index contributed by atoms with van der Waals surface area (Å²) in [7, 11) is 0. The topological polar surface area (TPSA) is 108 Å². The van der Waals surface area contributed by atoms with Gasteiger partial charge in [0.25, 0.3) is 0 Å². The van der Waals surface area contributed by atoms with E-state index in [1.807, 2.05) is 34.6 Å². The molecular weight excluding hydrogens is 362 g/mol. The number of carbonyl (C=O) groups is 3. The molecule has 0 aromatic heterocycles. The van der Waals surface area contributed by atoms with Crippen molar-refractivity contribution in [2.24, 2.45) is 17.8 Å². The van der Waals surface area contributed by atoms with Crippen LogP contribution in [0.2, 0.25) is 0 Å². The molecular formula is C20H33N3O5. The molecule has 28 heavy (non-hydrogen) atoms. The van der Waals surface area contributed by atoms with Gasteiger partial charge in [0.2, 0.25) is 17.7 Å². The van der Waals surface area contributed by atoms with Crippen LogP contribution in [0.25, 0.3) is 0 Å². The number of aliphatic hydroxyl groups is 1. The van der Waals surface area contributed by atoms with Crippen LogP contribution in [0.3, 0.4) is 0 Å². The minimum atomic E-state index is -1.03. The number of β-amino-alcohol motifs (C(OH)–C–C–N with tert-alkyl or cyclic N) is 1. The Kier molecular flexibility index (Phi) is 5.49. The lowest BCUT2D eigenvalue weighted by Gasteiger charge is -2.36. The van der Waals surface area contributed by atoms with Crippen LogP contribution in [0.15, 0.2) is 0 Å². The van der Waals surface area contributed by atoms with E-state index in [0.717, 1.165) is 6.42 Å². The van der Waals surface area contributed by atoms with Crippen molar-refractivity contribution in [2.45, 2.75) is 70.7 Å². The Balaban J connectivity index is 2.05. The smallest absolute Gasteiger partial charge is 0.246 e. The molecule has 8 heteroatoms. The van der Waals surface area contributed by atoms with E-state index < -0.39 is 29.1 Å². The zero-order valence-corrected chi connectivity index (χ0v) is 17.4. The summed E-state index contributed by atoms with van der Waals surface area (Å²) < 4.78 is 6.49. The molecule has 3 heterocycles. The maximum atomic E-state index is 13.4. The number of nitrogens with one attached hydrogen (secondary N) is 2. The largest absolute Gasteiger partial charge is 0.395 e. The summed E-state index contributed by atoms with van der Waals surface area (Å²) in [5, 5.41) is 15.3. The summed E-state index contributed by atoms with van der Waals surface area (Å²) in [6.07, 6.45) is 1.33. The highest BCUT2D eigenvalue weighted by molar-refractivity contribution is 5.99. The molecule has 8 nitrogen and oxygen atoms in total. The van der Waals surface area contributed by atoms with Gasteiger partial charge in [-0.1, -0.05) is 13.8 Å². The highest BCUT2D eigenvalue weighted by atomic mass is 16.5. The van der Waals surface area contributed by atoms with E-state index in [4.69, 9.17) is 4.74 Å². The van der Waals surface area contributed by atoms with Crippen LogP contribution in [-0.4, -0.2) is 70.7 Å². The first-order valence-electron chi connectivity index (χ1n) is 10.3. The molecule has 6 atom stereocenters. The predicted molar refractivity (Wildman–Crippen MR) is 102 cm³/mol. The van der Waals surface area contributed by atoms with Crippen molar-refractivity contribution in [3.8, 4) is 0 Å². The van der Waals surface area contributed by atoms with Gasteiger partial charge in [-0.05, 0) is 39.5 Å². The maximum Gasteiger partial charge on any atom is 0.246 e. The summed E-state index contributed by atoms with van der Waals surface area (Å²) in [6, 6.07) is -0.933. The number of nitrogens with zero attached hydrogens (tertiary/aromatic N) is 1. The van der Waals surface area contributed by atoms with E-state index in [9.17, 15) is 19.5 Å². The molecule has 2 bridgehead atoms. The van der Waals surface area contributed by atoms with Gasteiger partial charge in [-0.15, -0.1) is 0 Å². The Morgan fingerprint density at radius 1 is 1.36 bits per heavy atom. The van der Waals surface area contributed by atoms with Crippen molar-refractivity contribution in [1.29, 1.82) is 0 Å². The van der Waals surface area contributed by atoms with E-state index in [1.54, 1.807) is 0 Å². The summed E-state index contributed by atoms with van der Waals surface area (Å²) in [5.41, 5.74) is -1.83. The molecule has 3 aliphatic rings. The van der Waals surface area contributed by atoms with Gasteiger partial charge < -0.3 is 25.4 Å². The fourth-order valence-corrected chi connectivity index (χ4v) is 5.51. The third kappa shape index (κ3) is 2.84. The number of hydrogen-bond acceptors (Lipinski definition) is 5. The van der Waals surface area contributed by atoms with Gasteiger partial charge in [-0.25, -0.2) is 0 Å². The van der Waals surface area contributed by atoms with Gasteiger partial charge in [0.1, 0.15) is 11.6 Å². The van der Waals surface area contributed by atoms with Crippen LogP contribution < -0.4 is 10.6 Å². The second-order valence-corrected chi connectivity index (χ2v) is 8.91. The zero-order valence-electron chi connectivity index (χ0n) is 17.4. The monoisotopic (exact) mass is 395 g/mol. The van der Waals surface area contributed by atoms with Crippen LogP contribution >= 0.6 is 0 Å². The van der Waals surface area contributed by atoms with Crippen molar-refractivity contribution in [1.82, 2.24) is 15.5 Å². The standard InChI is InChI=1S/C20H33N3O5/c1-6-7-21-16(25)13-14-18(27)23(8-9-24)15(17(26)22-11(2)3)20(14)10-12(4)19(13,5)28-20/h11-15,24H,6-10H2,1-5H3,(H,21,25)(H,22,26)/t12?,13-,14+,15?,19+,20?/m1/s1. The van der Waals surface area contributed by atoms with Crippen molar-refractivity contribution >= 4 is 17.7 Å². The first-order valence-corrected chi connectivity index (χ1v) is 10.3. The van der Waals surface area contributed by atoms with Crippen LogP contribution in [0.5, 0.6) is 0 Å². The minimum absolute atomic E-state index is 0.0253. The number of hydrogen-bond donors (Lipinski definition) is 3. The predicted octanol–water partition coefficient (Wildman–Crippen LogP) is 0.0402. The molecule has 3 saturated heterocycles. The lowest BCUT2D eigenvalue weighted by Crippen LogP contribution is -2.57. The Morgan fingerprint density at radius 2 is 2.04 bits per heavy atom. The van der Waals surface area contributed by atoms with Gasteiger partial charge in [-0.2, -0.15) is 0 Å². The number of fused-ring (bicyclic) bond motifs is 1. The van der Waals surface area contributed by atoms with Gasteiger partial charge in [-0.3, -0.25) is 14.4 Å². The SMILES string of the molecule is CCCNC(=O)[C@H]1[C@H]2C(=O)N(CCO)C(C(=O)NC(C)C)C23CC(C)[C@]1(C)O3. The maximum absolute atomic E-state index is 13.4. The van der Waals surface area contributed by atoms with Gasteiger partial charge in [0.15, 0.2) is 0 Å². The number of likely N-dealkylation sites (tertiary alicyclic amines) is 1. The third-order valence-electron chi connectivity index (χ3n) is 6.67. The molecule has 3 aliphatic heterocycles. The average Bonchev–Trinajstić information content (AvgIpc) is 3.10. The first-order chi connectivity index (χ1) is 13.1. The highest BCUT2D eigenvalue weighted by Crippen LogP contribution is 2.65. The van der Waals surface area contributed by atoms with E-state index >= 15 is 0 Å². The van der Waals surface area contributed by atoms with Gasteiger partial charge in [0.05, 0.1) is 24.0 Å². The summed E-state index contributed by atoms with van der Waals surface area (Å²) in [4.78, 5) is 40.9. The van der Waals surface area contributed by atoms with Crippen LogP contribution in [-0.2, 0) is 19.1 Å². The second kappa shape index (κ2) is 7.30. The number of rotatable bonds is 7. The van der Waals surface area contributed by atoms with Crippen LogP contribution in [0.1, 0.15) is 47.5 Å². The zero-order chi connectivity index (χ0) is 20.9. The molecule has 3 N–H and O–H groups in total. The highest BCUT2D eigenvalue weighted by Gasteiger charge is 2.79. The molecule has 3 rings (SSSR count). The summed E-state index contributed by atoms with van der Waals surface area (Å²) in [6.45, 7) is 9.93. The van der Waals surface area contributed by atoms with E-state index in [0.29, 0.717) is 13.0 Å². The fraction of sp³-hybridized carbons (Fsp3) is 0.850. The third-order valence-corrected chi connectivity index (χ3v) is 6.67. The van der Waals surface area contributed by atoms with Gasteiger partial charge in [0, 0.05) is 19.1 Å². The molecule has 0 aromatic carbocycles. The second-order valence-electron chi connectivity index (χ2n) is 8.91. The Morgan fingerprint density at radius 3 is 2.61 bits per heavy atom. The number of aliphatic hydroxyl groups excluding tert-OH is 1. The summed E-state index contributed by atoms with van der Waals surface area (Å²) in [5.74, 6) is -2.08. The molecule has 1 spiro atoms. The Bertz CT molecular complexity index is 668. The van der Waals surface area contributed by atoms with Crippen LogP contribution in [0, 0.1) is 17.8 Å². The quantitative estimate of drug-likeness (QED) is 0.564. The average molecular weight is 396 g/mol. The molecule has 0 aliphatic carbocycles. The van der Waals surface area contributed by atoms with Crippen molar-refractivity contribution in [2.75, 3.05) is 19.7 Å². The number of carbonyl (C=O) groups excluding carboxylic acids is 3. The minimum Gasteiger partial charge on any atom is -0.395 e. The Hall–Kier alpha value is -1.67. The van der Waals surface area contributed by atoms with Crippen LogP contribution in [0.4, 0.5) is 0 Å². The van der Waals surface area contributed by atoms with E-state index in [-0.39, 0.29) is 42.8 Å². The molecule has 3 unspecified atom stereocenters. The molecule has 0 radical (unpaired) electrons. The normalized spacial score (nSPS) is 38.8. The number of amides is 3. The Labute approximate surface area is 166 Å². The summed E-state index contributed by atoms with van der Waals surface area (Å²) >= 11 is 0. The molecule has 158 valence electrons. The van der Waals surface area contributed by atoms with Crippen molar-refractivity contribution < 1.29 is 24.2 Å². The van der Waals surface area contributed by atoms with Crippen molar-refractivity contribution in [3.63, 3.8) is 0 Å². The molecule has 3 fully saturated rings. The lowest BCUT2D eigenvalue weighted by molar-refractivity contribution is -0.148. The van der Waals surface area contributed by atoms with E-state index in [2.05, 4.69) is 10.6 Å². The van der Waals surface area contributed by atoms with Gasteiger partial charge >= 0.3 is 0 Å². The molecule has 0 aromatic rings.